The zero-order valence-corrected chi connectivity index (χ0v) is 35.7. The summed E-state index contributed by atoms with van der Waals surface area (Å²) in [6.07, 6.45) is 27.2. The molecule has 2 heteroatoms. The lowest BCUT2D eigenvalue weighted by Gasteiger charge is -2.38. The molecule has 0 radical (unpaired) electrons. The Morgan fingerprint density at radius 1 is 0.460 bits per heavy atom. The van der Waals surface area contributed by atoms with Crippen LogP contribution in [0, 0.1) is 6.92 Å². The van der Waals surface area contributed by atoms with E-state index in [9.17, 15) is 0 Å². The quantitative estimate of drug-likeness (QED) is 0.143. The summed E-state index contributed by atoms with van der Waals surface area (Å²) in [7, 11) is 0. The van der Waals surface area contributed by atoms with Gasteiger partial charge in [0, 0.05) is 46.0 Å². The molecule has 4 aliphatic rings. The maximum Gasteiger partial charge on any atom is 0.0461 e. The molecule has 0 aromatic heterocycles. The molecule has 304 valence electrons. The largest absolute Gasteiger partial charge is 0.314 e. The van der Waals surface area contributed by atoms with E-state index >= 15 is 0 Å². The van der Waals surface area contributed by atoms with Gasteiger partial charge in [-0.2, -0.15) is 0 Å². The highest BCUT2D eigenvalue weighted by Crippen LogP contribution is 2.57. The molecule has 2 atom stereocenters. The number of benzene rings is 7. The zero-order valence-electron chi connectivity index (χ0n) is 35.7. The SMILES string of the molecule is Cc1ccc(-c2cc(-c3ccc(N(C4=CC=CCC4)c4ccccc4)cc3)c3c(c2-c2ccc(N(C4=CCCC=C4)c4ccccc4)cc2)C2C=CC=CC2c2ccccc2-3)cc1. The summed E-state index contributed by atoms with van der Waals surface area (Å²) in [6.45, 7) is 2.18. The minimum Gasteiger partial charge on any atom is -0.314 e. The number of rotatable bonds is 9. The summed E-state index contributed by atoms with van der Waals surface area (Å²) in [4.78, 5) is 4.82. The highest BCUT2D eigenvalue weighted by atomic mass is 15.2. The molecule has 0 amide bonds. The average Bonchev–Trinajstić information content (AvgIpc) is 3.36. The van der Waals surface area contributed by atoms with Gasteiger partial charge in [0.15, 0.2) is 0 Å². The molecule has 63 heavy (non-hydrogen) atoms. The Morgan fingerprint density at radius 3 is 1.71 bits per heavy atom. The van der Waals surface area contributed by atoms with Crippen molar-refractivity contribution in [2.75, 3.05) is 9.80 Å². The van der Waals surface area contributed by atoms with Crippen LogP contribution in [-0.2, 0) is 0 Å². The molecular formula is C61H50N2. The monoisotopic (exact) mass is 810 g/mol. The van der Waals surface area contributed by atoms with E-state index in [1.165, 1.54) is 84.0 Å². The third kappa shape index (κ3) is 7.22. The number of hydrogen-bond acceptors (Lipinski definition) is 2. The number of para-hydroxylation sites is 2. The van der Waals surface area contributed by atoms with Crippen LogP contribution < -0.4 is 9.80 Å². The van der Waals surface area contributed by atoms with Gasteiger partial charge in [-0.15, -0.1) is 0 Å². The summed E-state index contributed by atoms with van der Waals surface area (Å²) in [5.41, 5.74) is 21.4. The van der Waals surface area contributed by atoms with Gasteiger partial charge in [0.25, 0.3) is 0 Å². The Kier molecular flexibility index (Phi) is 10.3. The van der Waals surface area contributed by atoms with Crippen LogP contribution in [-0.4, -0.2) is 0 Å². The van der Waals surface area contributed by atoms with E-state index in [4.69, 9.17) is 0 Å². The highest BCUT2D eigenvalue weighted by Gasteiger charge is 2.37. The normalized spacial score (nSPS) is 17.0. The smallest absolute Gasteiger partial charge is 0.0461 e. The molecule has 0 spiro atoms. The van der Waals surface area contributed by atoms with Gasteiger partial charge in [0.2, 0.25) is 0 Å². The fraction of sp³-hybridized carbons (Fsp3) is 0.115. The van der Waals surface area contributed by atoms with Crippen LogP contribution in [0.5, 0.6) is 0 Å². The molecule has 0 N–H and O–H groups in total. The maximum absolute atomic E-state index is 2.50. The van der Waals surface area contributed by atoms with Gasteiger partial charge in [-0.3, -0.25) is 0 Å². The van der Waals surface area contributed by atoms with Crippen LogP contribution in [0.3, 0.4) is 0 Å². The Hall–Kier alpha value is -7.42. The van der Waals surface area contributed by atoms with E-state index < -0.39 is 0 Å². The summed E-state index contributed by atoms with van der Waals surface area (Å²) in [6, 6.07) is 61.1. The fourth-order valence-corrected chi connectivity index (χ4v) is 10.2. The van der Waals surface area contributed by atoms with Crippen LogP contribution in [0.15, 0.2) is 236 Å². The second-order valence-corrected chi connectivity index (χ2v) is 17.1. The molecule has 0 fully saturated rings. The summed E-state index contributed by atoms with van der Waals surface area (Å²) in [5.74, 6) is 0.396. The van der Waals surface area contributed by atoms with Crippen LogP contribution in [0.4, 0.5) is 22.7 Å². The minimum absolute atomic E-state index is 0.163. The van der Waals surface area contributed by atoms with E-state index in [0.29, 0.717) is 0 Å². The van der Waals surface area contributed by atoms with Gasteiger partial charge in [-0.1, -0.05) is 163 Å². The Labute approximate surface area is 372 Å². The molecule has 0 saturated heterocycles. The van der Waals surface area contributed by atoms with Gasteiger partial charge < -0.3 is 9.80 Å². The lowest BCUT2D eigenvalue weighted by molar-refractivity contribution is 0.722. The Bertz CT molecular complexity index is 2980. The molecule has 0 saturated carbocycles. The number of nitrogens with zero attached hydrogens (tertiary/aromatic N) is 2. The van der Waals surface area contributed by atoms with Crippen molar-refractivity contribution in [1.82, 2.24) is 0 Å². The van der Waals surface area contributed by atoms with Crippen LogP contribution in [0.1, 0.15) is 54.2 Å². The maximum atomic E-state index is 2.50. The fourth-order valence-electron chi connectivity index (χ4n) is 10.2. The summed E-state index contributed by atoms with van der Waals surface area (Å²) < 4.78 is 0. The molecule has 0 heterocycles. The van der Waals surface area contributed by atoms with Gasteiger partial charge in [0.05, 0.1) is 0 Å². The van der Waals surface area contributed by atoms with Crippen molar-refractivity contribution in [2.45, 2.75) is 44.4 Å². The van der Waals surface area contributed by atoms with E-state index in [1.54, 1.807) is 0 Å². The van der Waals surface area contributed by atoms with E-state index in [1.807, 2.05) is 0 Å². The lowest BCUT2D eigenvalue weighted by Crippen LogP contribution is -2.19. The molecule has 11 rings (SSSR count). The molecule has 4 aliphatic carbocycles. The molecule has 7 aromatic carbocycles. The third-order valence-electron chi connectivity index (χ3n) is 13.2. The lowest BCUT2D eigenvalue weighted by atomic mass is 9.65. The van der Waals surface area contributed by atoms with E-state index in [2.05, 4.69) is 241 Å². The van der Waals surface area contributed by atoms with E-state index in [-0.39, 0.29) is 11.8 Å². The molecule has 0 aliphatic heterocycles. The van der Waals surface area contributed by atoms with Crippen molar-refractivity contribution in [3.63, 3.8) is 0 Å². The Balaban J connectivity index is 1.13. The van der Waals surface area contributed by atoms with Gasteiger partial charge in [-0.25, -0.2) is 0 Å². The van der Waals surface area contributed by atoms with Crippen LogP contribution >= 0.6 is 0 Å². The standard InChI is InChI=1S/C61H50N2/c1-43-30-32-44(33-31-43)57-42-58(45-34-38-51(39-35-45)62(47-18-6-2-7-19-47)48-20-8-3-9-21-48)60-55-28-16-14-26-53(55)54-27-15-17-29-56(54)61(60)59(57)46-36-40-52(41-37-46)63(49-22-10-4-11-23-49)50-24-12-5-13-25-50/h2-4,6-8,10-12,14-20,22-42,54,56H,5,9,13,21H2,1H3. The number of aryl methyl sites for hydroxylation is 1. The van der Waals surface area contributed by atoms with Gasteiger partial charge in [-0.05, 0) is 155 Å². The molecule has 2 unspecified atom stereocenters. The first-order valence-electron chi connectivity index (χ1n) is 22.6. The second-order valence-electron chi connectivity index (χ2n) is 17.1. The number of allylic oxidation sites excluding steroid dienone is 11. The average molecular weight is 811 g/mol. The highest BCUT2D eigenvalue weighted by molar-refractivity contribution is 6.01. The minimum atomic E-state index is 0.163. The third-order valence-corrected chi connectivity index (χ3v) is 13.2. The molecule has 2 nitrogen and oxygen atoms in total. The summed E-state index contributed by atoms with van der Waals surface area (Å²) >= 11 is 0. The summed E-state index contributed by atoms with van der Waals surface area (Å²) in [5, 5.41) is 0. The molecule has 7 aromatic rings. The molecular weight excluding hydrogens is 761 g/mol. The predicted octanol–water partition coefficient (Wildman–Crippen LogP) is 16.7. The van der Waals surface area contributed by atoms with Gasteiger partial charge in [0.1, 0.15) is 0 Å². The first kappa shape index (κ1) is 38.5. The van der Waals surface area contributed by atoms with Crippen molar-refractivity contribution in [3.05, 3.63) is 253 Å². The van der Waals surface area contributed by atoms with Crippen molar-refractivity contribution >= 4 is 22.7 Å². The van der Waals surface area contributed by atoms with E-state index in [0.717, 1.165) is 37.1 Å². The van der Waals surface area contributed by atoms with Crippen molar-refractivity contribution in [2.24, 2.45) is 0 Å². The predicted molar refractivity (Wildman–Crippen MR) is 267 cm³/mol. The number of anilines is 4. The van der Waals surface area contributed by atoms with Crippen molar-refractivity contribution in [1.29, 1.82) is 0 Å². The van der Waals surface area contributed by atoms with Crippen molar-refractivity contribution < 1.29 is 0 Å². The van der Waals surface area contributed by atoms with Crippen LogP contribution in [0.2, 0.25) is 0 Å². The molecule has 0 bridgehead atoms. The second kappa shape index (κ2) is 16.8. The van der Waals surface area contributed by atoms with Gasteiger partial charge >= 0.3 is 0 Å². The zero-order chi connectivity index (χ0) is 42.1. The topological polar surface area (TPSA) is 6.48 Å². The van der Waals surface area contributed by atoms with Crippen molar-refractivity contribution in [3.8, 4) is 44.5 Å². The number of fused-ring (bicyclic) bond motifs is 6. The van der Waals surface area contributed by atoms with Crippen LogP contribution in [0.25, 0.3) is 44.5 Å². The first-order valence-corrected chi connectivity index (χ1v) is 22.6. The first-order chi connectivity index (χ1) is 31.2. The number of hydrogen-bond donors (Lipinski definition) is 0. The Morgan fingerprint density at radius 2 is 1.05 bits per heavy atom.